The largest absolute Gasteiger partial charge is 0.325 e. The molecule has 0 aromatic heterocycles. The first-order valence-electron chi connectivity index (χ1n) is 10.5. The zero-order valence-corrected chi connectivity index (χ0v) is 18.9. The van der Waals surface area contributed by atoms with Crippen LogP contribution in [0.3, 0.4) is 0 Å². The van der Waals surface area contributed by atoms with Crippen LogP contribution in [-0.4, -0.2) is 39.0 Å². The molecule has 2 heterocycles. The average Bonchev–Trinajstić information content (AvgIpc) is 3.11. The molecule has 160 valence electrons. The summed E-state index contributed by atoms with van der Waals surface area (Å²) in [5.41, 5.74) is 3.41. The van der Waals surface area contributed by atoms with Gasteiger partial charge in [0.25, 0.3) is 5.91 Å². The smallest absolute Gasteiger partial charge is 0.259 e. The first-order valence-corrected chi connectivity index (χ1v) is 11.4. The normalized spacial score (nSPS) is 18.3. The molecule has 0 unspecified atom stereocenters. The number of aryl methyl sites for hydroxylation is 1. The van der Waals surface area contributed by atoms with E-state index >= 15 is 0 Å². The van der Waals surface area contributed by atoms with E-state index in [1.165, 1.54) is 11.8 Å². The Morgan fingerprint density at radius 1 is 1.16 bits per heavy atom. The number of hydrogen-bond donors (Lipinski definition) is 1. The number of amides is 2. The van der Waals surface area contributed by atoms with Gasteiger partial charge in [-0.05, 0) is 43.0 Å². The third-order valence-electron chi connectivity index (χ3n) is 5.44. The molecule has 2 aliphatic heterocycles. The Hall–Kier alpha value is -2.93. The number of nitrogens with zero attached hydrogens (tertiary/aromatic N) is 3. The van der Waals surface area contributed by atoms with Gasteiger partial charge in [-0.1, -0.05) is 62.9 Å². The third kappa shape index (κ3) is 4.02. The molecule has 0 radical (unpaired) electrons. The molecule has 0 saturated heterocycles. The van der Waals surface area contributed by atoms with Crippen LogP contribution in [0.25, 0.3) is 0 Å². The van der Waals surface area contributed by atoms with Crippen molar-refractivity contribution in [1.82, 2.24) is 4.90 Å². The van der Waals surface area contributed by atoms with E-state index in [2.05, 4.69) is 5.32 Å². The van der Waals surface area contributed by atoms with E-state index in [0.29, 0.717) is 17.4 Å². The van der Waals surface area contributed by atoms with E-state index in [9.17, 15) is 9.59 Å². The standard InChI is InChI=1S/C24H26N4O2S/c1-5-19(22(29)25-17-12-8-6-10-15(17)4)31-24-26-18-13-9-7-11-16(18)21-27-20(14(2)3)23(30)28(21)24/h6-14,19-20H,5H2,1-4H3,(H,25,29)/t19-,20-/m0/s1. The fraction of sp³-hybridized carbons (Fsp3) is 0.333. The van der Waals surface area contributed by atoms with Crippen molar-refractivity contribution < 1.29 is 9.59 Å². The highest BCUT2D eigenvalue weighted by molar-refractivity contribution is 8.15. The number of carbonyl (C=O) groups excluding carboxylic acids is 2. The van der Waals surface area contributed by atoms with Crippen molar-refractivity contribution in [3.8, 4) is 0 Å². The molecule has 7 heteroatoms. The maximum atomic E-state index is 13.2. The van der Waals surface area contributed by atoms with Crippen LogP contribution in [0.5, 0.6) is 0 Å². The van der Waals surface area contributed by atoms with Crippen molar-refractivity contribution >= 4 is 46.0 Å². The van der Waals surface area contributed by atoms with Gasteiger partial charge in [0, 0.05) is 11.3 Å². The Morgan fingerprint density at radius 3 is 2.58 bits per heavy atom. The fourth-order valence-corrected chi connectivity index (χ4v) is 4.68. The minimum absolute atomic E-state index is 0.0790. The van der Waals surface area contributed by atoms with E-state index in [1.54, 1.807) is 4.90 Å². The van der Waals surface area contributed by atoms with Gasteiger partial charge in [0.2, 0.25) is 5.91 Å². The molecule has 31 heavy (non-hydrogen) atoms. The molecule has 0 spiro atoms. The number of para-hydroxylation sites is 2. The monoisotopic (exact) mass is 434 g/mol. The highest BCUT2D eigenvalue weighted by Crippen LogP contribution is 2.36. The quantitative estimate of drug-likeness (QED) is 0.737. The summed E-state index contributed by atoms with van der Waals surface area (Å²) in [5.74, 6) is 0.523. The molecule has 0 aliphatic carbocycles. The molecular weight excluding hydrogens is 408 g/mol. The Labute approximate surface area is 186 Å². The number of nitrogens with one attached hydrogen (secondary N) is 1. The first-order chi connectivity index (χ1) is 14.9. The lowest BCUT2D eigenvalue weighted by Crippen LogP contribution is -2.43. The summed E-state index contributed by atoms with van der Waals surface area (Å²) in [6, 6.07) is 14.9. The highest BCUT2D eigenvalue weighted by Gasteiger charge is 2.43. The number of amidine groups is 2. The number of carbonyl (C=O) groups is 2. The zero-order valence-electron chi connectivity index (χ0n) is 18.1. The van der Waals surface area contributed by atoms with Gasteiger partial charge >= 0.3 is 0 Å². The minimum Gasteiger partial charge on any atom is -0.325 e. The summed E-state index contributed by atoms with van der Waals surface area (Å²) < 4.78 is 0. The minimum atomic E-state index is -0.437. The highest BCUT2D eigenvalue weighted by atomic mass is 32.2. The van der Waals surface area contributed by atoms with Gasteiger partial charge in [0.15, 0.2) is 5.17 Å². The van der Waals surface area contributed by atoms with E-state index < -0.39 is 11.3 Å². The van der Waals surface area contributed by atoms with Crippen molar-refractivity contribution in [2.45, 2.75) is 45.4 Å². The Morgan fingerprint density at radius 2 is 1.87 bits per heavy atom. The molecular formula is C24H26N4O2S. The van der Waals surface area contributed by atoms with Crippen LogP contribution in [-0.2, 0) is 9.59 Å². The predicted octanol–water partition coefficient (Wildman–Crippen LogP) is 4.76. The van der Waals surface area contributed by atoms with E-state index in [4.69, 9.17) is 9.98 Å². The molecule has 6 nitrogen and oxygen atoms in total. The van der Waals surface area contributed by atoms with Gasteiger partial charge in [-0.3, -0.25) is 14.6 Å². The second-order valence-corrected chi connectivity index (χ2v) is 9.22. The van der Waals surface area contributed by atoms with E-state index in [1.807, 2.05) is 76.2 Å². The lowest BCUT2D eigenvalue weighted by molar-refractivity contribution is -0.125. The predicted molar refractivity (Wildman–Crippen MR) is 127 cm³/mol. The lowest BCUT2D eigenvalue weighted by Gasteiger charge is -2.27. The van der Waals surface area contributed by atoms with Crippen LogP contribution in [0.15, 0.2) is 58.5 Å². The Kier molecular flexibility index (Phi) is 5.96. The molecule has 2 aromatic rings. The second-order valence-electron chi connectivity index (χ2n) is 8.05. The van der Waals surface area contributed by atoms with Crippen LogP contribution in [0.1, 0.15) is 38.3 Å². The SMILES string of the molecule is CC[C@H](SC1=Nc2ccccc2C2=N[C@@H](C(C)C)C(=O)N12)C(=O)Nc1ccccc1C. The molecule has 4 rings (SSSR count). The van der Waals surface area contributed by atoms with Crippen LogP contribution < -0.4 is 5.32 Å². The van der Waals surface area contributed by atoms with Gasteiger partial charge in [0.1, 0.15) is 11.9 Å². The summed E-state index contributed by atoms with van der Waals surface area (Å²) >= 11 is 1.32. The fourth-order valence-electron chi connectivity index (χ4n) is 3.66. The topological polar surface area (TPSA) is 74.1 Å². The van der Waals surface area contributed by atoms with Gasteiger partial charge in [0.05, 0.1) is 10.9 Å². The number of benzene rings is 2. The lowest BCUT2D eigenvalue weighted by atomic mass is 10.1. The van der Waals surface area contributed by atoms with Crippen LogP contribution in [0.2, 0.25) is 0 Å². The van der Waals surface area contributed by atoms with Crippen molar-refractivity contribution in [2.75, 3.05) is 5.32 Å². The molecule has 1 N–H and O–H groups in total. The summed E-state index contributed by atoms with van der Waals surface area (Å²) in [4.78, 5) is 37.3. The van der Waals surface area contributed by atoms with Crippen LogP contribution >= 0.6 is 11.8 Å². The third-order valence-corrected chi connectivity index (χ3v) is 6.76. The molecule has 2 aromatic carbocycles. The number of rotatable bonds is 5. The molecule has 0 saturated carbocycles. The molecule has 2 atom stereocenters. The van der Waals surface area contributed by atoms with Crippen LogP contribution in [0, 0.1) is 12.8 Å². The molecule has 2 aliphatic rings. The average molecular weight is 435 g/mol. The van der Waals surface area contributed by atoms with Crippen molar-refractivity contribution in [3.05, 3.63) is 59.7 Å². The van der Waals surface area contributed by atoms with Gasteiger partial charge < -0.3 is 5.32 Å². The maximum Gasteiger partial charge on any atom is 0.259 e. The number of thioether (sulfide) groups is 1. The summed E-state index contributed by atoms with van der Waals surface area (Å²) in [7, 11) is 0. The van der Waals surface area contributed by atoms with Crippen molar-refractivity contribution in [1.29, 1.82) is 0 Å². The van der Waals surface area contributed by atoms with Crippen molar-refractivity contribution in [3.63, 3.8) is 0 Å². The van der Waals surface area contributed by atoms with Crippen LogP contribution in [0.4, 0.5) is 11.4 Å². The van der Waals surface area contributed by atoms with Gasteiger partial charge in [-0.25, -0.2) is 9.89 Å². The van der Waals surface area contributed by atoms with E-state index in [0.717, 1.165) is 22.5 Å². The summed E-state index contributed by atoms with van der Waals surface area (Å²) in [6.07, 6.45) is 0.602. The molecule has 0 fully saturated rings. The van der Waals surface area contributed by atoms with Gasteiger partial charge in [-0.2, -0.15) is 0 Å². The first kappa shape index (κ1) is 21.3. The Bertz CT molecular complexity index is 1090. The second kappa shape index (κ2) is 8.67. The number of fused-ring (bicyclic) bond motifs is 3. The van der Waals surface area contributed by atoms with E-state index in [-0.39, 0.29) is 17.7 Å². The number of aliphatic imine (C=N–C) groups is 2. The maximum absolute atomic E-state index is 13.2. The Balaban J connectivity index is 1.64. The number of anilines is 1. The molecule has 2 amide bonds. The summed E-state index contributed by atoms with van der Waals surface area (Å²) in [5, 5.41) is 3.14. The molecule has 0 bridgehead atoms. The van der Waals surface area contributed by atoms with Crippen molar-refractivity contribution in [2.24, 2.45) is 15.9 Å². The number of hydrogen-bond acceptors (Lipinski definition) is 5. The summed E-state index contributed by atoms with van der Waals surface area (Å²) in [6.45, 7) is 7.91. The zero-order chi connectivity index (χ0) is 22.1. The van der Waals surface area contributed by atoms with Gasteiger partial charge in [-0.15, -0.1) is 0 Å².